The molecule has 1 N–H and O–H groups in total. The highest BCUT2D eigenvalue weighted by Crippen LogP contribution is 2.22. The van der Waals surface area contributed by atoms with Gasteiger partial charge in [-0.05, 0) is 29.7 Å². The number of aromatic nitrogens is 1. The molecule has 3 aromatic rings. The number of halogens is 2. The normalized spacial score (nSPS) is 10.4. The van der Waals surface area contributed by atoms with Crippen molar-refractivity contribution in [3.05, 3.63) is 93.7 Å². The molecule has 24 heavy (non-hydrogen) atoms. The zero-order valence-electron chi connectivity index (χ0n) is 12.7. The van der Waals surface area contributed by atoms with Gasteiger partial charge in [0.2, 0.25) is 0 Å². The fraction of sp³-hybridized carbons (Fsp3) is 0.0526. The number of hydrogen-bond acceptors (Lipinski definition) is 2. The Hall–Kier alpha value is -2.36. The highest BCUT2D eigenvalue weighted by Gasteiger charge is 2.11. The molecule has 0 radical (unpaired) electrons. The van der Waals surface area contributed by atoms with Crippen LogP contribution >= 0.6 is 23.2 Å². The van der Waals surface area contributed by atoms with Gasteiger partial charge in [0.1, 0.15) is 5.15 Å². The first-order valence-electron chi connectivity index (χ1n) is 7.38. The van der Waals surface area contributed by atoms with Gasteiger partial charge in [0.25, 0.3) is 5.91 Å². The number of pyridine rings is 1. The molecule has 0 saturated heterocycles. The van der Waals surface area contributed by atoms with E-state index in [0.717, 1.165) is 17.7 Å². The van der Waals surface area contributed by atoms with Crippen LogP contribution in [0.3, 0.4) is 0 Å². The van der Waals surface area contributed by atoms with Crippen molar-refractivity contribution in [2.45, 2.75) is 6.42 Å². The fourth-order valence-electron chi connectivity index (χ4n) is 2.35. The SMILES string of the molecule is O=C(Nc1ccccc1Cc1ccccc1)c1cnc(Cl)c(Cl)c1. The summed E-state index contributed by atoms with van der Waals surface area (Å²) < 4.78 is 0. The number of benzene rings is 2. The summed E-state index contributed by atoms with van der Waals surface area (Å²) in [7, 11) is 0. The lowest BCUT2D eigenvalue weighted by atomic mass is 10.0. The molecule has 0 fully saturated rings. The second kappa shape index (κ2) is 7.47. The van der Waals surface area contributed by atoms with Crippen LogP contribution in [-0.2, 0) is 6.42 Å². The lowest BCUT2D eigenvalue weighted by Crippen LogP contribution is -2.13. The molecule has 1 aromatic heterocycles. The van der Waals surface area contributed by atoms with Gasteiger partial charge in [-0.15, -0.1) is 0 Å². The van der Waals surface area contributed by atoms with Crippen molar-refractivity contribution in [3.63, 3.8) is 0 Å². The number of hydrogen-bond donors (Lipinski definition) is 1. The van der Waals surface area contributed by atoms with Gasteiger partial charge < -0.3 is 5.32 Å². The predicted molar refractivity (Wildman–Crippen MR) is 97.9 cm³/mol. The average Bonchev–Trinajstić information content (AvgIpc) is 2.60. The van der Waals surface area contributed by atoms with Crippen LogP contribution in [0.2, 0.25) is 10.2 Å². The Bertz CT molecular complexity index is 866. The minimum absolute atomic E-state index is 0.178. The Morgan fingerprint density at radius 3 is 2.46 bits per heavy atom. The van der Waals surface area contributed by atoms with E-state index in [1.807, 2.05) is 42.5 Å². The van der Waals surface area contributed by atoms with Crippen LogP contribution in [-0.4, -0.2) is 10.9 Å². The van der Waals surface area contributed by atoms with Gasteiger partial charge in [0.15, 0.2) is 0 Å². The molecule has 0 saturated carbocycles. The summed E-state index contributed by atoms with van der Waals surface area (Å²) >= 11 is 11.7. The standard InChI is InChI=1S/C19H14Cl2N2O/c20-16-11-15(12-22-18(16)21)19(24)23-17-9-5-4-8-14(17)10-13-6-2-1-3-7-13/h1-9,11-12H,10H2,(H,23,24). The van der Waals surface area contributed by atoms with E-state index in [-0.39, 0.29) is 16.1 Å². The first-order valence-corrected chi connectivity index (χ1v) is 8.13. The Morgan fingerprint density at radius 2 is 1.71 bits per heavy atom. The third-order valence-corrected chi connectivity index (χ3v) is 4.25. The van der Waals surface area contributed by atoms with Crippen molar-refractivity contribution in [3.8, 4) is 0 Å². The molecule has 0 unspecified atom stereocenters. The van der Waals surface area contributed by atoms with Gasteiger partial charge in [0.05, 0.1) is 10.6 Å². The maximum absolute atomic E-state index is 12.4. The summed E-state index contributed by atoms with van der Waals surface area (Å²) in [5.74, 6) is -0.276. The van der Waals surface area contributed by atoms with E-state index in [0.29, 0.717) is 5.56 Å². The first kappa shape index (κ1) is 16.5. The quantitative estimate of drug-likeness (QED) is 0.650. The van der Waals surface area contributed by atoms with Crippen molar-refractivity contribution < 1.29 is 4.79 Å². The van der Waals surface area contributed by atoms with Crippen LogP contribution < -0.4 is 5.32 Å². The molecule has 2 aromatic carbocycles. The summed E-state index contributed by atoms with van der Waals surface area (Å²) in [6.07, 6.45) is 2.14. The second-order valence-corrected chi connectivity index (χ2v) is 6.04. The van der Waals surface area contributed by atoms with Crippen molar-refractivity contribution in [1.82, 2.24) is 4.98 Å². The molecule has 0 aliphatic heterocycles. The fourth-order valence-corrected chi connectivity index (χ4v) is 2.62. The Kier molecular flexibility index (Phi) is 5.14. The highest BCUT2D eigenvalue weighted by molar-refractivity contribution is 6.41. The Morgan fingerprint density at radius 1 is 1.00 bits per heavy atom. The second-order valence-electron chi connectivity index (χ2n) is 5.27. The van der Waals surface area contributed by atoms with Gasteiger partial charge in [-0.2, -0.15) is 0 Å². The molecule has 1 amide bonds. The largest absolute Gasteiger partial charge is 0.322 e. The van der Waals surface area contributed by atoms with E-state index in [1.165, 1.54) is 17.8 Å². The molecule has 1 heterocycles. The van der Waals surface area contributed by atoms with Gasteiger partial charge in [0, 0.05) is 11.9 Å². The molecule has 3 nitrogen and oxygen atoms in total. The van der Waals surface area contributed by atoms with E-state index in [9.17, 15) is 4.79 Å². The van der Waals surface area contributed by atoms with Crippen molar-refractivity contribution in [2.75, 3.05) is 5.32 Å². The maximum Gasteiger partial charge on any atom is 0.257 e. The number of nitrogens with zero attached hydrogens (tertiary/aromatic N) is 1. The minimum atomic E-state index is -0.276. The third-order valence-electron chi connectivity index (χ3n) is 3.56. The number of para-hydroxylation sites is 1. The number of nitrogens with one attached hydrogen (secondary N) is 1. The zero-order chi connectivity index (χ0) is 16.9. The molecule has 0 spiro atoms. The molecular formula is C19H14Cl2N2O. The third kappa shape index (κ3) is 3.94. The van der Waals surface area contributed by atoms with Gasteiger partial charge in [-0.3, -0.25) is 4.79 Å². The molecule has 0 aliphatic carbocycles. The minimum Gasteiger partial charge on any atom is -0.322 e. The summed E-state index contributed by atoms with van der Waals surface area (Å²) in [6.45, 7) is 0. The molecule has 0 aliphatic rings. The van der Waals surface area contributed by atoms with E-state index in [4.69, 9.17) is 23.2 Å². The number of amides is 1. The van der Waals surface area contributed by atoms with E-state index in [1.54, 1.807) is 0 Å². The van der Waals surface area contributed by atoms with E-state index >= 15 is 0 Å². The summed E-state index contributed by atoms with van der Waals surface area (Å²) in [4.78, 5) is 16.3. The van der Waals surface area contributed by atoms with Gasteiger partial charge in [-0.25, -0.2) is 4.98 Å². The molecule has 120 valence electrons. The summed E-state index contributed by atoms with van der Waals surface area (Å²) in [5.41, 5.74) is 3.33. The van der Waals surface area contributed by atoms with Crippen LogP contribution in [0.4, 0.5) is 5.69 Å². The van der Waals surface area contributed by atoms with Crippen LogP contribution in [0, 0.1) is 0 Å². The Balaban J connectivity index is 1.82. The van der Waals surface area contributed by atoms with Crippen LogP contribution in [0.5, 0.6) is 0 Å². The maximum atomic E-state index is 12.4. The molecule has 3 rings (SSSR count). The molecule has 0 atom stereocenters. The molecular weight excluding hydrogens is 343 g/mol. The smallest absolute Gasteiger partial charge is 0.257 e. The number of carbonyl (C=O) groups excluding carboxylic acids is 1. The van der Waals surface area contributed by atoms with Crippen LogP contribution in [0.25, 0.3) is 0 Å². The van der Waals surface area contributed by atoms with E-state index < -0.39 is 0 Å². The van der Waals surface area contributed by atoms with Crippen molar-refractivity contribution in [1.29, 1.82) is 0 Å². The van der Waals surface area contributed by atoms with Crippen molar-refractivity contribution in [2.24, 2.45) is 0 Å². The van der Waals surface area contributed by atoms with Crippen LogP contribution in [0.1, 0.15) is 21.5 Å². The number of anilines is 1. The van der Waals surface area contributed by atoms with Crippen LogP contribution in [0.15, 0.2) is 66.9 Å². The lowest BCUT2D eigenvalue weighted by molar-refractivity contribution is 0.102. The number of rotatable bonds is 4. The van der Waals surface area contributed by atoms with Gasteiger partial charge >= 0.3 is 0 Å². The highest BCUT2D eigenvalue weighted by atomic mass is 35.5. The summed E-state index contributed by atoms with van der Waals surface area (Å²) in [6, 6.07) is 19.3. The predicted octanol–water partition coefficient (Wildman–Crippen LogP) is 5.23. The summed E-state index contributed by atoms with van der Waals surface area (Å²) in [5, 5.41) is 3.34. The van der Waals surface area contributed by atoms with Gasteiger partial charge in [-0.1, -0.05) is 71.7 Å². The first-order chi connectivity index (χ1) is 11.6. The monoisotopic (exact) mass is 356 g/mol. The zero-order valence-corrected chi connectivity index (χ0v) is 14.2. The molecule has 0 bridgehead atoms. The Labute approximate surface area is 150 Å². The number of carbonyl (C=O) groups is 1. The topological polar surface area (TPSA) is 42.0 Å². The van der Waals surface area contributed by atoms with Crippen molar-refractivity contribution >= 4 is 34.8 Å². The molecule has 5 heteroatoms. The lowest BCUT2D eigenvalue weighted by Gasteiger charge is -2.11. The van der Waals surface area contributed by atoms with E-state index in [2.05, 4.69) is 22.4 Å². The average molecular weight is 357 g/mol.